The fourth-order valence-electron chi connectivity index (χ4n) is 4.45. The van der Waals surface area contributed by atoms with Gasteiger partial charge in [-0.05, 0) is 50.1 Å². The molecule has 1 aliphatic carbocycles. The topological polar surface area (TPSA) is 75.4 Å². The molecule has 2 aromatic heterocycles. The van der Waals surface area contributed by atoms with E-state index in [-0.39, 0.29) is 5.92 Å². The smallest absolute Gasteiger partial charge is 0.258 e. The molecule has 0 bridgehead atoms. The van der Waals surface area contributed by atoms with Gasteiger partial charge in [-0.25, -0.2) is 4.98 Å². The average Bonchev–Trinajstić information content (AvgIpc) is 3.59. The summed E-state index contributed by atoms with van der Waals surface area (Å²) >= 11 is 0. The average molecular weight is 440 g/mol. The Labute approximate surface area is 192 Å². The van der Waals surface area contributed by atoms with Crippen LogP contribution in [0.5, 0.6) is 0 Å². The quantitative estimate of drug-likeness (QED) is 0.471. The van der Waals surface area contributed by atoms with E-state index in [1.807, 2.05) is 35.2 Å². The lowest BCUT2D eigenvalue weighted by Crippen LogP contribution is -2.49. The Kier molecular flexibility index (Phi) is 4.82. The third-order valence-electron chi connectivity index (χ3n) is 6.46. The molecule has 4 aromatic rings. The summed E-state index contributed by atoms with van der Waals surface area (Å²) in [5, 5.41) is 5.35. The number of carbonyl (C=O) groups is 1. The van der Waals surface area contributed by atoms with Crippen LogP contribution in [0.4, 0.5) is 5.82 Å². The molecule has 7 heteroatoms. The summed E-state index contributed by atoms with van der Waals surface area (Å²) in [6, 6.07) is 18.1. The van der Waals surface area contributed by atoms with Crippen LogP contribution in [0.2, 0.25) is 0 Å². The molecule has 33 heavy (non-hydrogen) atoms. The zero-order chi connectivity index (χ0) is 22.4. The molecule has 166 valence electrons. The second-order valence-electron chi connectivity index (χ2n) is 8.93. The fraction of sp³-hybridized carbons (Fsp3) is 0.308. The van der Waals surface area contributed by atoms with Crippen LogP contribution in [0.3, 0.4) is 0 Å². The first-order chi connectivity index (χ1) is 16.2. The van der Waals surface area contributed by atoms with Gasteiger partial charge in [0, 0.05) is 43.0 Å². The highest BCUT2D eigenvalue weighted by molar-refractivity contribution is 5.89. The third kappa shape index (κ3) is 3.84. The van der Waals surface area contributed by atoms with Crippen molar-refractivity contribution in [3.63, 3.8) is 0 Å². The number of aryl methyl sites for hydroxylation is 1. The number of nitrogens with zero attached hydrogens (tertiary/aromatic N) is 5. The Hall–Kier alpha value is -3.74. The molecule has 2 aromatic carbocycles. The first-order valence-corrected chi connectivity index (χ1v) is 11.5. The minimum atomic E-state index is 0.255. The summed E-state index contributed by atoms with van der Waals surface area (Å²) in [6.07, 6.45) is 2.08. The van der Waals surface area contributed by atoms with Gasteiger partial charge in [0.1, 0.15) is 5.82 Å². The molecule has 0 atom stereocenters. The number of benzene rings is 2. The summed E-state index contributed by atoms with van der Waals surface area (Å²) in [4.78, 5) is 26.5. The van der Waals surface area contributed by atoms with Gasteiger partial charge in [-0.3, -0.25) is 4.79 Å². The van der Waals surface area contributed by atoms with Crippen LogP contribution in [-0.2, 0) is 4.79 Å². The van der Waals surface area contributed by atoms with E-state index in [0.29, 0.717) is 30.7 Å². The molecule has 2 fully saturated rings. The van der Waals surface area contributed by atoms with Crippen molar-refractivity contribution in [3.05, 3.63) is 60.2 Å². The van der Waals surface area contributed by atoms with Gasteiger partial charge in [0.05, 0.1) is 11.1 Å². The fourth-order valence-corrected chi connectivity index (χ4v) is 4.45. The zero-order valence-corrected chi connectivity index (χ0v) is 18.6. The minimum absolute atomic E-state index is 0.255. The number of rotatable bonds is 4. The van der Waals surface area contributed by atoms with Crippen molar-refractivity contribution >= 4 is 22.6 Å². The lowest BCUT2D eigenvalue weighted by atomic mass is 10.1. The van der Waals surface area contributed by atoms with Crippen molar-refractivity contribution in [2.75, 3.05) is 31.1 Å². The van der Waals surface area contributed by atoms with Gasteiger partial charge in [-0.2, -0.15) is 4.98 Å². The van der Waals surface area contributed by atoms with E-state index >= 15 is 0 Å². The highest BCUT2D eigenvalue weighted by Crippen LogP contribution is 2.34. The lowest BCUT2D eigenvalue weighted by molar-refractivity contribution is -0.132. The molecule has 1 saturated carbocycles. The van der Waals surface area contributed by atoms with Crippen molar-refractivity contribution in [3.8, 4) is 22.8 Å². The van der Waals surface area contributed by atoms with E-state index in [4.69, 9.17) is 14.5 Å². The Morgan fingerprint density at radius 3 is 2.52 bits per heavy atom. The van der Waals surface area contributed by atoms with Crippen molar-refractivity contribution in [2.24, 2.45) is 5.92 Å². The minimum Gasteiger partial charge on any atom is -0.352 e. The normalized spacial score (nSPS) is 16.4. The molecule has 2 aliphatic rings. The molecule has 1 amide bonds. The molecular formula is C26H25N5O2. The molecule has 1 aliphatic heterocycles. The number of hydrogen-bond acceptors (Lipinski definition) is 6. The maximum Gasteiger partial charge on any atom is 0.258 e. The van der Waals surface area contributed by atoms with Gasteiger partial charge in [0.2, 0.25) is 11.7 Å². The highest BCUT2D eigenvalue weighted by Gasteiger charge is 2.35. The van der Waals surface area contributed by atoms with E-state index in [1.165, 1.54) is 5.56 Å². The van der Waals surface area contributed by atoms with Gasteiger partial charge in [-0.1, -0.05) is 35.0 Å². The Bertz CT molecular complexity index is 1320. The number of fused-ring (bicyclic) bond motifs is 1. The van der Waals surface area contributed by atoms with E-state index in [0.717, 1.165) is 53.8 Å². The number of amides is 1. The molecule has 0 radical (unpaired) electrons. The molecular weight excluding hydrogens is 414 g/mol. The van der Waals surface area contributed by atoms with E-state index < -0.39 is 0 Å². The predicted molar refractivity (Wildman–Crippen MR) is 127 cm³/mol. The number of piperazine rings is 1. The second kappa shape index (κ2) is 7.99. The molecule has 0 unspecified atom stereocenters. The van der Waals surface area contributed by atoms with Crippen molar-refractivity contribution in [1.29, 1.82) is 0 Å². The molecule has 3 heterocycles. The van der Waals surface area contributed by atoms with Crippen LogP contribution >= 0.6 is 0 Å². The predicted octanol–water partition coefficient (Wildman–Crippen LogP) is 4.32. The maximum absolute atomic E-state index is 12.5. The Morgan fingerprint density at radius 1 is 0.970 bits per heavy atom. The van der Waals surface area contributed by atoms with Crippen LogP contribution in [0, 0.1) is 12.8 Å². The SMILES string of the molecule is Cc1ccc2nc(N3CCN(C(=O)C4CC4)CC3)c(-c3noc(-c4ccccc4)n3)cc2c1. The van der Waals surface area contributed by atoms with Gasteiger partial charge >= 0.3 is 0 Å². The number of anilines is 1. The van der Waals surface area contributed by atoms with Crippen molar-refractivity contribution < 1.29 is 9.32 Å². The van der Waals surface area contributed by atoms with Gasteiger partial charge in [0.15, 0.2) is 0 Å². The lowest BCUT2D eigenvalue weighted by Gasteiger charge is -2.36. The monoisotopic (exact) mass is 439 g/mol. The summed E-state index contributed by atoms with van der Waals surface area (Å²) in [5.41, 5.74) is 3.84. The van der Waals surface area contributed by atoms with E-state index in [2.05, 4.69) is 41.2 Å². The van der Waals surface area contributed by atoms with Crippen LogP contribution < -0.4 is 4.90 Å². The summed E-state index contributed by atoms with van der Waals surface area (Å²) in [7, 11) is 0. The molecule has 0 spiro atoms. The van der Waals surface area contributed by atoms with Crippen LogP contribution in [0.1, 0.15) is 18.4 Å². The van der Waals surface area contributed by atoms with Gasteiger partial charge < -0.3 is 14.3 Å². The molecule has 7 nitrogen and oxygen atoms in total. The summed E-state index contributed by atoms with van der Waals surface area (Å²) in [5.74, 6) is 2.41. The van der Waals surface area contributed by atoms with Gasteiger partial charge in [-0.15, -0.1) is 0 Å². The van der Waals surface area contributed by atoms with Crippen LogP contribution in [0.15, 0.2) is 59.1 Å². The van der Waals surface area contributed by atoms with Crippen molar-refractivity contribution in [2.45, 2.75) is 19.8 Å². The number of aromatic nitrogens is 3. The van der Waals surface area contributed by atoms with Crippen molar-refractivity contribution in [1.82, 2.24) is 20.0 Å². The number of hydrogen-bond donors (Lipinski definition) is 0. The summed E-state index contributed by atoms with van der Waals surface area (Å²) in [6.45, 7) is 4.97. The first kappa shape index (κ1) is 19.9. The highest BCUT2D eigenvalue weighted by atomic mass is 16.5. The maximum atomic E-state index is 12.5. The van der Waals surface area contributed by atoms with Crippen LogP contribution in [0.25, 0.3) is 33.7 Å². The molecule has 6 rings (SSSR count). The Balaban J connectivity index is 1.37. The van der Waals surface area contributed by atoms with Crippen LogP contribution in [-0.4, -0.2) is 52.1 Å². The van der Waals surface area contributed by atoms with E-state index in [1.54, 1.807) is 0 Å². The number of carbonyl (C=O) groups excluding carboxylic acids is 1. The number of pyridine rings is 1. The Morgan fingerprint density at radius 2 is 1.76 bits per heavy atom. The third-order valence-corrected chi connectivity index (χ3v) is 6.46. The zero-order valence-electron chi connectivity index (χ0n) is 18.6. The van der Waals surface area contributed by atoms with Gasteiger partial charge in [0.25, 0.3) is 5.89 Å². The first-order valence-electron chi connectivity index (χ1n) is 11.5. The molecule has 0 N–H and O–H groups in total. The van der Waals surface area contributed by atoms with E-state index in [9.17, 15) is 4.79 Å². The summed E-state index contributed by atoms with van der Waals surface area (Å²) < 4.78 is 5.60. The largest absolute Gasteiger partial charge is 0.352 e. The molecule has 1 saturated heterocycles. The second-order valence-corrected chi connectivity index (χ2v) is 8.93. The standard InChI is InChI=1S/C26H25N5O2/c1-17-7-10-22-20(15-17)16-21(23-28-25(33-29-23)18-5-3-2-4-6-18)24(27-22)30-11-13-31(14-12-30)26(32)19-8-9-19/h2-7,10,15-16,19H,8-9,11-14H2,1H3.